The summed E-state index contributed by atoms with van der Waals surface area (Å²) in [5.74, 6) is 4.44. The van der Waals surface area contributed by atoms with E-state index in [0.29, 0.717) is 0 Å². The van der Waals surface area contributed by atoms with Crippen LogP contribution in [0.2, 0.25) is 22.1 Å². The van der Waals surface area contributed by atoms with E-state index in [-0.39, 0.29) is 11.8 Å². The van der Waals surface area contributed by atoms with E-state index in [4.69, 9.17) is 49.1 Å². The van der Waals surface area contributed by atoms with Crippen LogP contribution < -0.4 is 0 Å². The Hall–Kier alpha value is -2.82. The number of benzene rings is 4. The molecule has 0 saturated carbocycles. The summed E-state index contributed by atoms with van der Waals surface area (Å²) >= 11 is 12.0. The van der Waals surface area contributed by atoms with Gasteiger partial charge < -0.3 is 8.83 Å². The van der Waals surface area contributed by atoms with Crippen LogP contribution in [-0.4, -0.2) is 9.52 Å². The fraction of sp³-hybridized carbons (Fsp3) is 0.250. The molecule has 56 heavy (non-hydrogen) atoms. The van der Waals surface area contributed by atoms with Gasteiger partial charge >= 0.3 is 37.9 Å². The van der Waals surface area contributed by atoms with Crippen molar-refractivity contribution in [1.29, 1.82) is 0 Å². The first kappa shape index (κ1) is 38.7. The van der Waals surface area contributed by atoms with Crippen LogP contribution in [0.25, 0.3) is 45.6 Å². The van der Waals surface area contributed by atoms with Crippen molar-refractivity contribution in [3.63, 3.8) is 0 Å². The molecule has 0 fully saturated rings. The number of halogens is 4. The maximum atomic E-state index is 6.39. The monoisotopic (exact) mass is 906 g/mol. The van der Waals surface area contributed by atoms with Crippen molar-refractivity contribution in [1.82, 2.24) is 0 Å². The normalized spacial score (nSPS) is 17.5. The van der Waals surface area contributed by atoms with Gasteiger partial charge in [-0.2, -0.15) is 0 Å². The summed E-state index contributed by atoms with van der Waals surface area (Å²) in [5.41, 5.74) is 19.6. The predicted molar refractivity (Wildman–Crippen MR) is 233 cm³/mol. The number of allylic oxidation sites excluding steroid dienone is 2. The minimum absolute atomic E-state index is 0.273. The molecule has 8 heteroatoms. The zero-order chi connectivity index (χ0) is 38.5. The van der Waals surface area contributed by atoms with Gasteiger partial charge in [0.05, 0.1) is 0 Å². The summed E-state index contributed by atoms with van der Waals surface area (Å²) in [7, 11) is 10.6. The van der Waals surface area contributed by atoms with Gasteiger partial charge in [-0.25, -0.2) is 0 Å². The van der Waals surface area contributed by atoms with Crippen molar-refractivity contribution >= 4 is 73.0 Å². The Labute approximate surface area is 360 Å². The molecule has 2 unspecified atom stereocenters. The molecular formula is C48H40Cl4O2SiZr. The van der Waals surface area contributed by atoms with Crippen LogP contribution in [0.3, 0.4) is 0 Å². The molecule has 0 amide bonds. The second-order valence-electron chi connectivity index (χ2n) is 15.4. The molecule has 6 aromatic rings. The van der Waals surface area contributed by atoms with Crippen molar-refractivity contribution in [3.8, 4) is 22.3 Å². The van der Waals surface area contributed by atoms with Crippen molar-refractivity contribution in [2.75, 3.05) is 0 Å². The van der Waals surface area contributed by atoms with Crippen LogP contribution in [0.5, 0.6) is 0 Å². The number of furan rings is 2. The molecule has 0 bridgehead atoms. The number of aryl methyl sites for hydroxylation is 4. The Morgan fingerprint density at radius 2 is 1.00 bits per heavy atom. The molecular weight excluding hydrogens is 870 g/mol. The standard InChI is InChI=1S/C48H40Cl2O2Si.2ClH.Zr/c1-27-9-19-45(51-27)39-23-41-37(21-31-5-3-7-35(31)47(41)29-11-15-33(49)16-12-29)43(39)25-53-26-44-38-22-32-6-4-8-36(32)48(30-13-17-34(50)18-14-30)42(38)24-40(44)46-20-10-28(2)52-46;;;/h9-24,43-44H,3-8,25-26H2,1-2H3;2*1H;/q;;;+2/p-2. The Balaban J connectivity index is 0.00000133. The molecule has 0 spiro atoms. The summed E-state index contributed by atoms with van der Waals surface area (Å²) in [4.78, 5) is 0. The molecule has 4 aliphatic carbocycles. The van der Waals surface area contributed by atoms with Gasteiger partial charge in [0, 0.05) is 42.5 Å². The average Bonchev–Trinajstić information content (AvgIpc) is 4.05. The van der Waals surface area contributed by atoms with Gasteiger partial charge in [-0.3, -0.25) is 0 Å². The van der Waals surface area contributed by atoms with Crippen LogP contribution in [0.15, 0.2) is 93.8 Å². The molecule has 0 aliphatic heterocycles. The molecule has 4 aliphatic rings. The maximum absolute atomic E-state index is 6.39. The fourth-order valence-corrected chi connectivity index (χ4v) is 11.5. The van der Waals surface area contributed by atoms with Gasteiger partial charge in [0.2, 0.25) is 0 Å². The minimum atomic E-state index is -0.826. The first-order chi connectivity index (χ1) is 27.3. The van der Waals surface area contributed by atoms with Gasteiger partial charge in [0.1, 0.15) is 23.0 Å². The summed E-state index contributed by atoms with van der Waals surface area (Å²) in [6.45, 7) is 4.10. The molecule has 2 heterocycles. The van der Waals surface area contributed by atoms with E-state index in [1.165, 1.54) is 90.7 Å². The van der Waals surface area contributed by atoms with Crippen molar-refractivity contribution in [2.45, 2.75) is 76.3 Å². The van der Waals surface area contributed by atoms with E-state index in [9.17, 15) is 0 Å². The van der Waals surface area contributed by atoms with Crippen LogP contribution in [0.1, 0.15) is 92.2 Å². The van der Waals surface area contributed by atoms with Crippen LogP contribution in [-0.2, 0) is 46.5 Å². The molecule has 2 atom stereocenters. The summed E-state index contributed by atoms with van der Waals surface area (Å²) in [5, 5.41) is 1.55. The third kappa shape index (κ3) is 7.27. The first-order valence-corrected chi connectivity index (χ1v) is 27.9. The summed E-state index contributed by atoms with van der Waals surface area (Å²) in [6.07, 6.45) is 11.9. The first-order valence-electron chi connectivity index (χ1n) is 19.4. The third-order valence-electron chi connectivity index (χ3n) is 12.1. The number of hydrogen-bond donors (Lipinski definition) is 0. The molecule has 2 nitrogen and oxygen atoms in total. The van der Waals surface area contributed by atoms with E-state index >= 15 is 0 Å². The Morgan fingerprint density at radius 3 is 1.38 bits per heavy atom. The number of hydrogen-bond acceptors (Lipinski definition) is 2. The van der Waals surface area contributed by atoms with Crippen molar-refractivity contribution in [3.05, 3.63) is 163 Å². The van der Waals surface area contributed by atoms with Gasteiger partial charge in [0.15, 0.2) is 0 Å². The average molecular weight is 910 g/mol. The zero-order valence-electron chi connectivity index (χ0n) is 31.4. The molecule has 0 N–H and O–H groups in total. The van der Waals surface area contributed by atoms with Gasteiger partial charge in [-0.15, -0.1) is 0 Å². The number of fused-ring (bicyclic) bond motifs is 4. The third-order valence-corrected chi connectivity index (χ3v) is 14.0. The van der Waals surface area contributed by atoms with Crippen LogP contribution in [0, 0.1) is 13.8 Å². The topological polar surface area (TPSA) is 26.3 Å². The zero-order valence-corrected chi connectivity index (χ0v) is 37.9. The van der Waals surface area contributed by atoms with Gasteiger partial charge in [-0.05, 0) is 192 Å². The molecule has 280 valence electrons. The quantitative estimate of drug-likeness (QED) is 0.142. The second-order valence-corrected chi connectivity index (χ2v) is 21.3. The molecule has 4 aromatic carbocycles. The van der Waals surface area contributed by atoms with E-state index < -0.39 is 20.8 Å². The number of rotatable bonds is 8. The Bertz CT molecular complexity index is 2340. The van der Waals surface area contributed by atoms with Crippen LogP contribution >= 0.6 is 40.2 Å². The Morgan fingerprint density at radius 1 is 0.589 bits per heavy atom. The Kier molecular flexibility index (Phi) is 11.4. The summed E-state index contributed by atoms with van der Waals surface area (Å²) < 4.78 is 12.8. The van der Waals surface area contributed by atoms with Gasteiger partial charge in [0.25, 0.3) is 0 Å². The summed E-state index contributed by atoms with van der Waals surface area (Å²) in [6, 6.07) is 32.7. The molecule has 2 aromatic heterocycles. The van der Waals surface area contributed by atoms with Crippen molar-refractivity contribution < 1.29 is 29.7 Å². The van der Waals surface area contributed by atoms with Crippen LogP contribution in [0.4, 0.5) is 0 Å². The predicted octanol–water partition coefficient (Wildman–Crippen LogP) is 15.0. The van der Waals surface area contributed by atoms with E-state index in [0.717, 1.165) is 80.4 Å². The van der Waals surface area contributed by atoms with Gasteiger partial charge in [-0.1, -0.05) is 59.6 Å². The molecule has 2 radical (unpaired) electrons. The van der Waals surface area contributed by atoms with Crippen molar-refractivity contribution in [2.24, 2.45) is 0 Å². The molecule has 10 rings (SSSR count). The SMILES string of the molecule is Cc1ccc(C2=Cc3c(cc4c(c3-c3ccc(Cl)cc3)CCC4)C2C[Si]CC2C(c3ccc(C)o3)=Cc3c2cc2c(c3-c3ccc(Cl)cc3)CCC2)o1.[Cl][Zr][Cl]. The van der Waals surface area contributed by atoms with E-state index in [1.54, 1.807) is 0 Å². The van der Waals surface area contributed by atoms with E-state index in [2.05, 4.69) is 72.8 Å². The molecule has 0 saturated heterocycles. The second kappa shape index (κ2) is 16.4. The van der Waals surface area contributed by atoms with E-state index in [1.807, 2.05) is 38.1 Å². The fourth-order valence-electron chi connectivity index (χ4n) is 9.67.